The number of nitrogens with one attached hydrogen (secondary N) is 2. The first-order valence-corrected chi connectivity index (χ1v) is 11.5. The Hall–Kier alpha value is -3.23. The van der Waals surface area contributed by atoms with E-state index in [0.29, 0.717) is 25.8 Å². The molecule has 0 aromatic rings. The Morgan fingerprint density at radius 2 is 1.77 bits per heavy atom. The fraction of sp³-hybridized carbons (Fsp3) is 0.667. The molecule has 12 N–H and O–H groups in total. The summed E-state index contributed by atoms with van der Waals surface area (Å²) in [6.07, 6.45) is 3.77. The molecule has 198 valence electrons. The lowest BCUT2D eigenvalue weighted by molar-refractivity contribution is -0.144. The van der Waals surface area contributed by atoms with Crippen LogP contribution in [0.15, 0.2) is 17.1 Å². The van der Waals surface area contributed by atoms with Crippen molar-refractivity contribution in [1.82, 2.24) is 15.5 Å². The van der Waals surface area contributed by atoms with E-state index >= 15 is 0 Å². The van der Waals surface area contributed by atoms with Crippen LogP contribution in [-0.4, -0.2) is 94.7 Å². The minimum Gasteiger partial charge on any atom is -0.480 e. The van der Waals surface area contributed by atoms with Crippen LogP contribution in [-0.2, 0) is 19.2 Å². The van der Waals surface area contributed by atoms with Crippen molar-refractivity contribution < 1.29 is 29.4 Å². The van der Waals surface area contributed by atoms with Gasteiger partial charge in [-0.1, -0.05) is 12.2 Å². The lowest BCUT2D eigenvalue weighted by Crippen LogP contribution is -2.58. The van der Waals surface area contributed by atoms with Crippen molar-refractivity contribution in [3.8, 4) is 0 Å². The van der Waals surface area contributed by atoms with Crippen molar-refractivity contribution in [3.05, 3.63) is 12.2 Å². The maximum Gasteiger partial charge on any atom is 0.326 e. The second-order valence-electron chi connectivity index (χ2n) is 8.32. The number of carbonyl (C=O) groups excluding carboxylic acids is 3. The molecule has 0 saturated heterocycles. The van der Waals surface area contributed by atoms with Crippen LogP contribution in [0.3, 0.4) is 0 Å². The molecular weight excluding hydrogens is 460 g/mol. The van der Waals surface area contributed by atoms with Crippen molar-refractivity contribution in [2.75, 3.05) is 19.6 Å². The zero-order valence-corrected chi connectivity index (χ0v) is 19.9. The number of amides is 3. The first kappa shape index (κ1) is 29.8. The predicted octanol–water partition coefficient (Wildman–Crippen LogP) is -3.30. The third kappa shape index (κ3) is 9.88. The van der Waals surface area contributed by atoms with E-state index in [1.165, 1.54) is 17.9 Å². The molecule has 5 atom stereocenters. The van der Waals surface area contributed by atoms with Gasteiger partial charge in [0.2, 0.25) is 17.7 Å². The summed E-state index contributed by atoms with van der Waals surface area (Å²) in [5.41, 5.74) is 21.7. The Morgan fingerprint density at radius 1 is 1.11 bits per heavy atom. The highest BCUT2D eigenvalue weighted by Gasteiger charge is 2.36. The standard InChI is InChI=1S/C21H38N8O6/c1-12(30)16(23)18(32)27-13(6-2-3-9-22)19(33)29-11-5-8-15(29)17(31)28-14(20(34)35)7-4-10-26-21(24)25/h5,8,12-16,30H,2-4,6-7,9-11,22-23H2,1H3,(H,27,32)(H,28,31)(H,34,35)(H4,24,25,26)/t12?,13-,14-,15-,16-/m0/s1. The Kier molecular flexibility index (Phi) is 12.7. The molecule has 1 aliphatic heterocycles. The molecule has 0 aromatic carbocycles. The highest BCUT2D eigenvalue weighted by Crippen LogP contribution is 2.15. The topological polar surface area (TPSA) is 252 Å². The summed E-state index contributed by atoms with van der Waals surface area (Å²) in [5.74, 6) is -3.26. The number of hydrogen-bond acceptors (Lipinski definition) is 8. The number of aliphatic hydroxyl groups excluding tert-OH is 1. The Morgan fingerprint density at radius 3 is 2.34 bits per heavy atom. The molecule has 0 fully saturated rings. The number of unbranched alkanes of at least 4 members (excludes halogenated alkanes) is 1. The number of nitrogens with zero attached hydrogens (tertiary/aromatic N) is 2. The van der Waals surface area contributed by atoms with Gasteiger partial charge in [0.25, 0.3) is 0 Å². The van der Waals surface area contributed by atoms with E-state index < -0.39 is 54.0 Å². The number of aliphatic hydroxyl groups is 1. The lowest BCUT2D eigenvalue weighted by Gasteiger charge is -2.30. The number of guanidine groups is 1. The van der Waals surface area contributed by atoms with E-state index in [1.54, 1.807) is 6.08 Å². The van der Waals surface area contributed by atoms with Gasteiger partial charge in [0, 0.05) is 13.1 Å². The number of aliphatic carboxylic acids is 1. The highest BCUT2D eigenvalue weighted by molar-refractivity contribution is 5.95. The maximum atomic E-state index is 13.3. The number of carbonyl (C=O) groups is 4. The zero-order valence-electron chi connectivity index (χ0n) is 19.9. The number of aliphatic imine (C=N–C) groups is 1. The second kappa shape index (κ2) is 14.9. The molecule has 35 heavy (non-hydrogen) atoms. The van der Waals surface area contributed by atoms with Crippen LogP contribution < -0.4 is 33.6 Å². The van der Waals surface area contributed by atoms with E-state index in [0.717, 1.165) is 0 Å². The predicted molar refractivity (Wildman–Crippen MR) is 129 cm³/mol. The number of hydrogen-bond donors (Lipinski definition) is 8. The number of carboxylic acids is 1. The first-order chi connectivity index (χ1) is 16.5. The summed E-state index contributed by atoms with van der Waals surface area (Å²) >= 11 is 0. The molecule has 0 aliphatic carbocycles. The minimum atomic E-state index is -1.23. The van der Waals surface area contributed by atoms with Gasteiger partial charge in [-0.2, -0.15) is 0 Å². The van der Waals surface area contributed by atoms with Gasteiger partial charge in [-0.3, -0.25) is 19.4 Å². The molecule has 0 radical (unpaired) electrons. The van der Waals surface area contributed by atoms with Gasteiger partial charge in [-0.05, 0) is 45.6 Å². The van der Waals surface area contributed by atoms with Gasteiger partial charge >= 0.3 is 5.97 Å². The van der Waals surface area contributed by atoms with Crippen LogP contribution in [0.1, 0.15) is 39.0 Å². The van der Waals surface area contributed by atoms with Crippen molar-refractivity contribution >= 4 is 29.7 Å². The lowest BCUT2D eigenvalue weighted by atomic mass is 10.1. The second-order valence-corrected chi connectivity index (χ2v) is 8.32. The molecule has 0 aromatic heterocycles. The monoisotopic (exact) mass is 498 g/mol. The zero-order chi connectivity index (χ0) is 26.5. The Balaban J connectivity index is 2.90. The Labute approximate surface area is 204 Å². The summed E-state index contributed by atoms with van der Waals surface area (Å²) in [6, 6.07) is -4.48. The minimum absolute atomic E-state index is 0.0806. The molecular formula is C21H38N8O6. The van der Waals surface area contributed by atoms with Gasteiger partial charge in [0.05, 0.1) is 6.10 Å². The van der Waals surface area contributed by atoms with Gasteiger partial charge in [-0.15, -0.1) is 0 Å². The van der Waals surface area contributed by atoms with Gasteiger partial charge < -0.3 is 48.7 Å². The molecule has 1 unspecified atom stereocenters. The first-order valence-electron chi connectivity index (χ1n) is 11.5. The summed E-state index contributed by atoms with van der Waals surface area (Å²) in [6.45, 7) is 2.06. The van der Waals surface area contributed by atoms with Crippen LogP contribution >= 0.6 is 0 Å². The quantitative estimate of drug-likeness (QED) is 0.0483. The van der Waals surface area contributed by atoms with Crippen molar-refractivity contribution in [2.45, 2.75) is 69.3 Å². The normalized spacial score (nSPS) is 18.3. The van der Waals surface area contributed by atoms with Crippen LogP contribution in [0.25, 0.3) is 0 Å². The number of nitrogens with two attached hydrogens (primary N) is 4. The van der Waals surface area contributed by atoms with Gasteiger partial charge in [0.15, 0.2) is 5.96 Å². The molecule has 1 rings (SSSR count). The van der Waals surface area contributed by atoms with Gasteiger partial charge in [-0.25, -0.2) is 4.79 Å². The number of carboxylic acid groups (broad SMARTS) is 1. The summed E-state index contributed by atoms with van der Waals surface area (Å²) in [4.78, 5) is 55.2. The van der Waals surface area contributed by atoms with E-state index in [4.69, 9.17) is 22.9 Å². The Bertz CT molecular complexity index is 799. The molecule has 1 aliphatic rings. The molecule has 0 bridgehead atoms. The van der Waals surface area contributed by atoms with Crippen molar-refractivity contribution in [1.29, 1.82) is 0 Å². The van der Waals surface area contributed by atoms with Crippen LogP contribution in [0.4, 0.5) is 0 Å². The van der Waals surface area contributed by atoms with E-state index in [1.807, 2.05) is 0 Å². The van der Waals surface area contributed by atoms with Crippen LogP contribution in [0.5, 0.6) is 0 Å². The summed E-state index contributed by atoms with van der Waals surface area (Å²) in [7, 11) is 0. The maximum absolute atomic E-state index is 13.3. The van der Waals surface area contributed by atoms with Crippen LogP contribution in [0.2, 0.25) is 0 Å². The van der Waals surface area contributed by atoms with E-state index in [-0.39, 0.29) is 31.9 Å². The molecule has 3 amide bonds. The molecule has 1 heterocycles. The molecule has 14 heteroatoms. The van der Waals surface area contributed by atoms with Crippen molar-refractivity contribution in [2.24, 2.45) is 27.9 Å². The smallest absolute Gasteiger partial charge is 0.326 e. The largest absolute Gasteiger partial charge is 0.480 e. The van der Waals surface area contributed by atoms with Crippen molar-refractivity contribution in [3.63, 3.8) is 0 Å². The average molecular weight is 499 g/mol. The highest BCUT2D eigenvalue weighted by atomic mass is 16.4. The van der Waals surface area contributed by atoms with Gasteiger partial charge in [0.1, 0.15) is 24.2 Å². The van der Waals surface area contributed by atoms with E-state index in [9.17, 15) is 29.4 Å². The average Bonchev–Trinajstić information content (AvgIpc) is 3.29. The molecule has 0 saturated carbocycles. The fourth-order valence-electron chi connectivity index (χ4n) is 3.43. The van der Waals surface area contributed by atoms with E-state index in [2.05, 4.69) is 15.6 Å². The molecule has 0 spiro atoms. The number of rotatable bonds is 15. The SMILES string of the molecule is CC(O)[C@H](N)C(=O)N[C@@H](CCCCN)C(=O)N1CC=C[C@H]1C(=O)N[C@@H](CCCN=C(N)N)C(=O)O. The van der Waals surface area contributed by atoms with Crippen LogP contribution in [0, 0.1) is 0 Å². The third-order valence-corrected chi connectivity index (χ3v) is 5.45. The summed E-state index contributed by atoms with van der Waals surface area (Å²) < 4.78 is 0. The summed E-state index contributed by atoms with van der Waals surface area (Å²) in [5, 5.41) is 24.1. The molecule has 14 nitrogen and oxygen atoms in total. The fourth-order valence-corrected chi connectivity index (χ4v) is 3.43. The third-order valence-electron chi connectivity index (χ3n) is 5.45.